The minimum atomic E-state index is -0.498. The van der Waals surface area contributed by atoms with Crippen LogP contribution < -0.4 is 11.3 Å². The van der Waals surface area contributed by atoms with Crippen LogP contribution in [0.4, 0.5) is 0 Å². The van der Waals surface area contributed by atoms with Crippen molar-refractivity contribution in [1.82, 2.24) is 5.43 Å². The van der Waals surface area contributed by atoms with Gasteiger partial charge in [0.2, 0.25) is 0 Å². The Hall–Kier alpha value is -0.400. The molecule has 1 aromatic rings. The molecule has 1 atom stereocenters. The summed E-state index contributed by atoms with van der Waals surface area (Å²) in [4.78, 5) is 0. The Balaban J connectivity index is 2.86. The van der Waals surface area contributed by atoms with E-state index in [0.717, 1.165) is 4.47 Å². The fourth-order valence-electron chi connectivity index (χ4n) is 1.17. The minimum absolute atomic E-state index is 0.352. The van der Waals surface area contributed by atoms with Crippen LogP contribution in [0.15, 0.2) is 21.2 Å². The Morgan fingerprint density at radius 3 is 2.50 bits per heavy atom. The topological polar surface area (TPSA) is 69.7 Å². The van der Waals surface area contributed by atoms with Crippen LogP contribution in [-0.2, 0) is 9.47 Å². The second-order valence-electron chi connectivity index (χ2n) is 2.62. The van der Waals surface area contributed by atoms with Gasteiger partial charge >= 0.3 is 0 Å². The van der Waals surface area contributed by atoms with Gasteiger partial charge in [-0.05, 0) is 22.0 Å². The maximum absolute atomic E-state index is 5.39. The molecule has 0 aliphatic carbocycles. The Morgan fingerprint density at radius 1 is 1.50 bits per heavy atom. The van der Waals surface area contributed by atoms with Gasteiger partial charge in [-0.25, -0.2) is 5.43 Å². The van der Waals surface area contributed by atoms with E-state index in [4.69, 9.17) is 19.7 Å². The first-order valence-corrected chi connectivity index (χ1v) is 4.78. The van der Waals surface area contributed by atoms with E-state index in [9.17, 15) is 0 Å². The van der Waals surface area contributed by atoms with Gasteiger partial charge in [-0.2, -0.15) is 0 Å². The molecule has 1 unspecified atom stereocenters. The lowest BCUT2D eigenvalue weighted by molar-refractivity contribution is -0.127. The van der Waals surface area contributed by atoms with E-state index >= 15 is 0 Å². The Labute approximate surface area is 90.6 Å². The number of hydrogen-bond acceptors (Lipinski definition) is 5. The molecule has 80 valence electrons. The van der Waals surface area contributed by atoms with Crippen molar-refractivity contribution in [1.29, 1.82) is 0 Å². The molecule has 0 bridgehead atoms. The molecule has 0 amide bonds. The van der Waals surface area contributed by atoms with E-state index in [1.54, 1.807) is 12.3 Å². The van der Waals surface area contributed by atoms with Crippen LogP contribution in [0.5, 0.6) is 0 Å². The highest BCUT2D eigenvalue weighted by molar-refractivity contribution is 9.10. The first-order valence-electron chi connectivity index (χ1n) is 3.99. The van der Waals surface area contributed by atoms with Crippen LogP contribution in [0.3, 0.4) is 0 Å². The molecule has 0 radical (unpaired) electrons. The number of ether oxygens (including phenoxy) is 2. The van der Waals surface area contributed by atoms with Crippen LogP contribution in [-0.4, -0.2) is 20.5 Å². The monoisotopic (exact) mass is 264 g/mol. The molecule has 3 N–H and O–H groups in total. The highest BCUT2D eigenvalue weighted by atomic mass is 79.9. The van der Waals surface area contributed by atoms with Crippen molar-refractivity contribution in [2.75, 3.05) is 14.2 Å². The minimum Gasteiger partial charge on any atom is -0.466 e. The van der Waals surface area contributed by atoms with E-state index in [0.29, 0.717) is 5.76 Å². The smallest absolute Gasteiger partial charge is 0.180 e. The molecule has 1 aromatic heterocycles. The van der Waals surface area contributed by atoms with Crippen LogP contribution in [0, 0.1) is 0 Å². The highest BCUT2D eigenvalue weighted by Gasteiger charge is 2.26. The van der Waals surface area contributed by atoms with Gasteiger partial charge in [-0.15, -0.1) is 0 Å². The largest absolute Gasteiger partial charge is 0.466 e. The summed E-state index contributed by atoms with van der Waals surface area (Å²) in [5, 5.41) is 0. The van der Waals surface area contributed by atoms with Crippen LogP contribution in [0.25, 0.3) is 0 Å². The molecular weight excluding hydrogens is 252 g/mol. The third-order valence-corrected chi connectivity index (χ3v) is 2.50. The first-order chi connectivity index (χ1) is 6.74. The van der Waals surface area contributed by atoms with Crippen molar-refractivity contribution in [3.05, 3.63) is 22.6 Å². The van der Waals surface area contributed by atoms with Crippen molar-refractivity contribution in [3.63, 3.8) is 0 Å². The number of hydrazine groups is 1. The fourth-order valence-corrected chi connectivity index (χ4v) is 1.62. The zero-order valence-electron chi connectivity index (χ0n) is 7.99. The molecule has 1 heterocycles. The molecule has 0 saturated heterocycles. The van der Waals surface area contributed by atoms with Crippen molar-refractivity contribution < 1.29 is 13.9 Å². The summed E-state index contributed by atoms with van der Waals surface area (Å²) in [6, 6.07) is 1.43. The van der Waals surface area contributed by atoms with E-state index < -0.39 is 6.29 Å². The van der Waals surface area contributed by atoms with Crippen molar-refractivity contribution >= 4 is 15.9 Å². The van der Waals surface area contributed by atoms with Gasteiger partial charge in [0.25, 0.3) is 0 Å². The van der Waals surface area contributed by atoms with Crippen LogP contribution >= 0.6 is 15.9 Å². The van der Waals surface area contributed by atoms with Gasteiger partial charge in [0, 0.05) is 14.2 Å². The average molecular weight is 265 g/mol. The molecule has 0 fully saturated rings. The van der Waals surface area contributed by atoms with Gasteiger partial charge in [-0.3, -0.25) is 5.84 Å². The normalized spacial score (nSPS) is 13.5. The Morgan fingerprint density at radius 2 is 2.14 bits per heavy atom. The molecule has 6 heteroatoms. The van der Waals surface area contributed by atoms with E-state index in [1.807, 2.05) is 0 Å². The molecule has 14 heavy (non-hydrogen) atoms. The predicted molar refractivity (Wildman–Crippen MR) is 54.3 cm³/mol. The summed E-state index contributed by atoms with van der Waals surface area (Å²) in [7, 11) is 3.07. The van der Waals surface area contributed by atoms with E-state index in [1.165, 1.54) is 14.2 Å². The number of nitrogens with one attached hydrogen (secondary N) is 1. The molecule has 0 aliphatic heterocycles. The molecular formula is C8H13BrN2O3. The number of rotatable bonds is 5. The standard InChI is InChI=1S/C8H13BrN2O3/c1-12-8(13-2)6(11-10)7-5(9)3-4-14-7/h3-4,6,8,11H,10H2,1-2H3. The lowest BCUT2D eigenvalue weighted by atomic mass is 10.2. The second-order valence-corrected chi connectivity index (χ2v) is 3.47. The lowest BCUT2D eigenvalue weighted by Gasteiger charge is -2.22. The molecule has 0 aliphatic rings. The van der Waals surface area contributed by atoms with E-state index in [-0.39, 0.29) is 6.04 Å². The second kappa shape index (κ2) is 5.47. The summed E-state index contributed by atoms with van der Waals surface area (Å²) in [6.07, 6.45) is 1.06. The molecule has 5 nitrogen and oxygen atoms in total. The van der Waals surface area contributed by atoms with Crippen LogP contribution in [0.2, 0.25) is 0 Å². The predicted octanol–water partition coefficient (Wildman–Crippen LogP) is 1.17. The van der Waals surface area contributed by atoms with E-state index in [2.05, 4.69) is 21.4 Å². The van der Waals surface area contributed by atoms with Crippen molar-refractivity contribution in [2.24, 2.45) is 5.84 Å². The summed E-state index contributed by atoms with van der Waals surface area (Å²) < 4.78 is 16.2. The number of hydrogen-bond donors (Lipinski definition) is 2. The van der Waals surface area contributed by atoms with Gasteiger partial charge < -0.3 is 13.9 Å². The number of furan rings is 1. The molecule has 0 saturated carbocycles. The number of methoxy groups -OCH3 is 2. The highest BCUT2D eigenvalue weighted by Crippen LogP contribution is 2.27. The third kappa shape index (κ3) is 2.34. The van der Waals surface area contributed by atoms with Crippen molar-refractivity contribution in [2.45, 2.75) is 12.3 Å². The Kier molecular flexibility index (Phi) is 4.56. The van der Waals surface area contributed by atoms with Crippen molar-refractivity contribution in [3.8, 4) is 0 Å². The van der Waals surface area contributed by atoms with Gasteiger partial charge in [0.1, 0.15) is 11.8 Å². The van der Waals surface area contributed by atoms with Gasteiger partial charge in [-0.1, -0.05) is 0 Å². The summed E-state index contributed by atoms with van der Waals surface area (Å²) in [5.41, 5.74) is 2.57. The first kappa shape index (κ1) is 11.7. The Bertz CT molecular complexity index is 275. The SMILES string of the molecule is COC(OC)C(NN)c1occc1Br. The van der Waals surface area contributed by atoms with Gasteiger partial charge in [0.15, 0.2) is 6.29 Å². The fraction of sp³-hybridized carbons (Fsp3) is 0.500. The molecule has 0 aromatic carbocycles. The van der Waals surface area contributed by atoms with Crippen LogP contribution in [0.1, 0.15) is 11.8 Å². The van der Waals surface area contributed by atoms with Gasteiger partial charge in [0.05, 0.1) is 10.7 Å². The quantitative estimate of drug-likeness (QED) is 0.475. The summed E-state index contributed by atoms with van der Waals surface area (Å²) in [6.45, 7) is 0. The zero-order valence-corrected chi connectivity index (χ0v) is 9.58. The number of halogens is 1. The average Bonchev–Trinajstić information content (AvgIpc) is 2.61. The third-order valence-electron chi connectivity index (χ3n) is 1.84. The zero-order chi connectivity index (χ0) is 10.6. The summed E-state index contributed by atoms with van der Waals surface area (Å²) >= 11 is 3.33. The molecule has 1 rings (SSSR count). The molecule has 0 spiro atoms. The number of nitrogens with two attached hydrogens (primary N) is 1. The maximum atomic E-state index is 5.39. The lowest BCUT2D eigenvalue weighted by Crippen LogP contribution is -2.38. The maximum Gasteiger partial charge on any atom is 0.180 e. The summed E-state index contributed by atoms with van der Waals surface area (Å²) in [5.74, 6) is 6.03.